The molecule has 82 valence electrons. The van der Waals surface area contributed by atoms with Gasteiger partial charge >= 0.3 is 0 Å². The molecule has 1 rings (SSSR count). The van der Waals surface area contributed by atoms with E-state index in [0.717, 1.165) is 18.3 Å². The Morgan fingerprint density at radius 3 is 2.43 bits per heavy atom. The van der Waals surface area contributed by atoms with Gasteiger partial charge in [0.25, 0.3) is 0 Å². The second-order valence-corrected chi connectivity index (χ2v) is 5.14. The van der Waals surface area contributed by atoms with Crippen LogP contribution in [-0.2, 0) is 0 Å². The van der Waals surface area contributed by atoms with Gasteiger partial charge in [0, 0.05) is 0 Å². The first-order valence-corrected chi connectivity index (χ1v) is 5.86. The van der Waals surface area contributed by atoms with Crippen molar-refractivity contribution in [2.75, 3.05) is 0 Å². The molecule has 4 unspecified atom stereocenters. The van der Waals surface area contributed by atoms with Gasteiger partial charge in [-0.2, -0.15) is 0 Å². The summed E-state index contributed by atoms with van der Waals surface area (Å²) in [5.74, 6) is 2.44. The predicted molar refractivity (Wildman–Crippen MR) is 61.0 cm³/mol. The lowest BCUT2D eigenvalue weighted by atomic mass is 9.70. The highest BCUT2D eigenvalue weighted by atomic mass is 16.3. The monoisotopic (exact) mass is 196 g/mol. The van der Waals surface area contributed by atoms with Crippen LogP contribution in [0.4, 0.5) is 0 Å². The normalized spacial score (nSPS) is 35.6. The number of allylic oxidation sites excluding steroid dienone is 1. The van der Waals surface area contributed by atoms with Crippen LogP contribution >= 0.6 is 0 Å². The molecule has 1 nitrogen and oxygen atoms in total. The molecular formula is C13H24O. The summed E-state index contributed by atoms with van der Waals surface area (Å²) in [5.41, 5.74) is 0. The van der Waals surface area contributed by atoms with Crippen molar-refractivity contribution in [3.63, 3.8) is 0 Å². The summed E-state index contributed by atoms with van der Waals surface area (Å²) in [6.07, 6.45) is 5.23. The molecule has 1 N–H and O–H groups in total. The van der Waals surface area contributed by atoms with Gasteiger partial charge in [-0.25, -0.2) is 0 Å². The maximum absolute atomic E-state index is 9.92. The number of rotatable bonds is 3. The average molecular weight is 196 g/mol. The molecule has 1 saturated carbocycles. The Bertz CT molecular complexity index is 186. The summed E-state index contributed by atoms with van der Waals surface area (Å²) >= 11 is 0. The van der Waals surface area contributed by atoms with Crippen molar-refractivity contribution in [2.24, 2.45) is 23.7 Å². The second kappa shape index (κ2) is 4.97. The number of hydrogen-bond donors (Lipinski definition) is 1. The lowest BCUT2D eigenvalue weighted by Crippen LogP contribution is -2.34. The first-order valence-electron chi connectivity index (χ1n) is 5.86. The Balaban J connectivity index is 2.59. The quantitative estimate of drug-likeness (QED) is 0.687. The molecule has 0 aliphatic heterocycles. The number of aliphatic hydroxyl groups is 1. The summed E-state index contributed by atoms with van der Waals surface area (Å²) in [4.78, 5) is 0. The standard InChI is InChI=1S/C13H24O/c1-5-10(4)12-8-11(9(2)3)6-7-13(12)14/h5,9-14H,1,6-8H2,2-4H3. The molecule has 1 aliphatic carbocycles. The third kappa shape index (κ3) is 2.60. The zero-order valence-corrected chi connectivity index (χ0v) is 9.74. The molecule has 0 radical (unpaired) electrons. The van der Waals surface area contributed by atoms with Crippen LogP contribution < -0.4 is 0 Å². The molecule has 1 fully saturated rings. The first kappa shape index (κ1) is 11.8. The van der Waals surface area contributed by atoms with Crippen LogP contribution in [0.3, 0.4) is 0 Å². The number of aliphatic hydroxyl groups excluding tert-OH is 1. The topological polar surface area (TPSA) is 20.2 Å². The van der Waals surface area contributed by atoms with Crippen molar-refractivity contribution in [1.82, 2.24) is 0 Å². The van der Waals surface area contributed by atoms with E-state index in [2.05, 4.69) is 27.4 Å². The Morgan fingerprint density at radius 1 is 1.29 bits per heavy atom. The van der Waals surface area contributed by atoms with Crippen LogP contribution in [0.15, 0.2) is 12.7 Å². The van der Waals surface area contributed by atoms with Crippen molar-refractivity contribution in [1.29, 1.82) is 0 Å². The van der Waals surface area contributed by atoms with E-state index < -0.39 is 0 Å². The van der Waals surface area contributed by atoms with E-state index in [0.29, 0.717) is 11.8 Å². The molecular weight excluding hydrogens is 172 g/mol. The zero-order chi connectivity index (χ0) is 10.7. The predicted octanol–water partition coefficient (Wildman–Crippen LogP) is 3.24. The largest absolute Gasteiger partial charge is 0.393 e. The van der Waals surface area contributed by atoms with E-state index in [-0.39, 0.29) is 6.10 Å². The maximum atomic E-state index is 9.92. The summed E-state index contributed by atoms with van der Waals surface area (Å²) < 4.78 is 0. The molecule has 0 saturated heterocycles. The fraction of sp³-hybridized carbons (Fsp3) is 0.846. The molecule has 1 aliphatic rings. The van der Waals surface area contributed by atoms with Gasteiger partial charge in [-0.1, -0.05) is 26.8 Å². The smallest absolute Gasteiger partial charge is 0.0574 e. The van der Waals surface area contributed by atoms with E-state index >= 15 is 0 Å². The third-order valence-corrected chi connectivity index (χ3v) is 3.89. The lowest BCUT2D eigenvalue weighted by molar-refractivity contribution is 0.0211. The third-order valence-electron chi connectivity index (χ3n) is 3.89. The van der Waals surface area contributed by atoms with E-state index in [1.165, 1.54) is 12.8 Å². The van der Waals surface area contributed by atoms with Crippen molar-refractivity contribution >= 4 is 0 Å². The van der Waals surface area contributed by atoms with Gasteiger partial charge in [-0.05, 0) is 42.9 Å². The van der Waals surface area contributed by atoms with E-state index in [4.69, 9.17) is 0 Å². The Labute approximate surface area is 88.2 Å². The molecule has 14 heavy (non-hydrogen) atoms. The van der Waals surface area contributed by atoms with E-state index in [1.54, 1.807) is 0 Å². The average Bonchev–Trinajstić information content (AvgIpc) is 2.17. The van der Waals surface area contributed by atoms with Gasteiger partial charge < -0.3 is 5.11 Å². The van der Waals surface area contributed by atoms with Crippen molar-refractivity contribution in [2.45, 2.75) is 46.1 Å². The minimum atomic E-state index is -0.0991. The summed E-state index contributed by atoms with van der Waals surface area (Å²) in [5, 5.41) is 9.92. The van der Waals surface area contributed by atoms with Crippen LogP contribution in [0.5, 0.6) is 0 Å². The van der Waals surface area contributed by atoms with Gasteiger partial charge in [-0.15, -0.1) is 6.58 Å². The fourth-order valence-electron chi connectivity index (χ4n) is 2.57. The Kier molecular flexibility index (Phi) is 4.18. The van der Waals surface area contributed by atoms with Gasteiger partial charge in [0.1, 0.15) is 0 Å². The molecule has 4 atom stereocenters. The SMILES string of the molecule is C=CC(C)C1CC(C(C)C)CCC1O. The second-order valence-electron chi connectivity index (χ2n) is 5.14. The summed E-state index contributed by atoms with van der Waals surface area (Å²) in [6.45, 7) is 10.6. The minimum Gasteiger partial charge on any atom is -0.393 e. The Hall–Kier alpha value is -0.300. The summed E-state index contributed by atoms with van der Waals surface area (Å²) in [7, 11) is 0. The summed E-state index contributed by atoms with van der Waals surface area (Å²) in [6, 6.07) is 0. The van der Waals surface area contributed by atoms with Crippen LogP contribution in [-0.4, -0.2) is 11.2 Å². The van der Waals surface area contributed by atoms with Gasteiger partial charge in [0.15, 0.2) is 0 Å². The van der Waals surface area contributed by atoms with Crippen molar-refractivity contribution in [3.8, 4) is 0 Å². The highest BCUT2D eigenvalue weighted by Crippen LogP contribution is 2.37. The molecule has 0 amide bonds. The van der Waals surface area contributed by atoms with Gasteiger partial charge in [0.2, 0.25) is 0 Å². The highest BCUT2D eigenvalue weighted by molar-refractivity contribution is 4.90. The lowest BCUT2D eigenvalue weighted by Gasteiger charge is -2.37. The molecule has 0 aromatic rings. The molecule has 1 heteroatoms. The van der Waals surface area contributed by atoms with Crippen LogP contribution in [0, 0.1) is 23.7 Å². The van der Waals surface area contributed by atoms with Crippen molar-refractivity contribution < 1.29 is 5.11 Å². The highest BCUT2D eigenvalue weighted by Gasteiger charge is 2.32. The van der Waals surface area contributed by atoms with E-state index in [9.17, 15) is 5.11 Å². The molecule has 0 aromatic heterocycles. The minimum absolute atomic E-state index is 0.0991. The van der Waals surface area contributed by atoms with E-state index in [1.807, 2.05) is 6.08 Å². The van der Waals surface area contributed by atoms with Crippen LogP contribution in [0.25, 0.3) is 0 Å². The number of hydrogen-bond acceptors (Lipinski definition) is 1. The van der Waals surface area contributed by atoms with Crippen LogP contribution in [0.2, 0.25) is 0 Å². The molecule has 0 spiro atoms. The van der Waals surface area contributed by atoms with Crippen LogP contribution in [0.1, 0.15) is 40.0 Å². The Morgan fingerprint density at radius 2 is 1.93 bits per heavy atom. The van der Waals surface area contributed by atoms with Gasteiger partial charge in [0.05, 0.1) is 6.10 Å². The van der Waals surface area contributed by atoms with Crippen molar-refractivity contribution in [3.05, 3.63) is 12.7 Å². The maximum Gasteiger partial charge on any atom is 0.0574 e. The molecule has 0 heterocycles. The fourth-order valence-corrected chi connectivity index (χ4v) is 2.57. The first-order chi connectivity index (χ1) is 6.56. The van der Waals surface area contributed by atoms with Gasteiger partial charge in [-0.3, -0.25) is 0 Å². The zero-order valence-electron chi connectivity index (χ0n) is 9.74. The molecule has 0 aromatic carbocycles. The molecule has 0 bridgehead atoms.